The average Bonchev–Trinajstić information content (AvgIpc) is 2.74. The van der Waals surface area contributed by atoms with Gasteiger partial charge in [-0.05, 0) is 24.1 Å². The third kappa shape index (κ3) is 3.04. The number of fused-ring (bicyclic) bond motifs is 1. The Bertz CT molecular complexity index is 919. The molecule has 1 unspecified atom stereocenters. The van der Waals surface area contributed by atoms with Gasteiger partial charge in [0.25, 0.3) is 0 Å². The maximum Gasteiger partial charge on any atom is 0.488 e. The zero-order chi connectivity index (χ0) is 16.8. The van der Waals surface area contributed by atoms with Crippen LogP contribution in [0, 0.1) is 0 Å². The van der Waals surface area contributed by atoms with Gasteiger partial charge in [-0.15, -0.1) is 0 Å². The second-order valence-electron chi connectivity index (χ2n) is 5.35. The van der Waals surface area contributed by atoms with Gasteiger partial charge < -0.3 is 8.75 Å². The molecule has 0 aliphatic carbocycles. The lowest BCUT2D eigenvalue weighted by atomic mass is 9.90. The minimum absolute atomic E-state index is 0.156. The van der Waals surface area contributed by atoms with E-state index >= 15 is 0 Å². The van der Waals surface area contributed by atoms with Crippen LogP contribution in [0.4, 0.5) is 3.89 Å². The van der Waals surface area contributed by atoms with Gasteiger partial charge in [0.2, 0.25) is 11.8 Å². The zero-order valence-corrected chi connectivity index (χ0v) is 12.9. The first-order valence-electron chi connectivity index (χ1n) is 6.81. The van der Waals surface area contributed by atoms with Crippen molar-refractivity contribution in [2.24, 2.45) is 7.05 Å². The Morgan fingerprint density at radius 2 is 2.09 bits per heavy atom. The summed E-state index contributed by atoms with van der Waals surface area (Å²) in [7, 11) is -3.38. The number of nitrogens with zero attached hydrogens (tertiary/aromatic N) is 1. The Kier molecular flexibility index (Phi) is 3.59. The minimum atomic E-state index is -5.10. The van der Waals surface area contributed by atoms with E-state index in [1.807, 2.05) is 0 Å². The molecule has 0 bridgehead atoms. The van der Waals surface area contributed by atoms with Crippen molar-refractivity contribution in [3.05, 3.63) is 30.0 Å². The number of carbonyl (C=O) groups is 2. The van der Waals surface area contributed by atoms with E-state index in [-0.39, 0.29) is 24.0 Å². The van der Waals surface area contributed by atoms with E-state index in [1.165, 1.54) is 12.1 Å². The number of halogens is 1. The van der Waals surface area contributed by atoms with Crippen molar-refractivity contribution in [2.75, 3.05) is 0 Å². The predicted octanol–water partition coefficient (Wildman–Crippen LogP) is 1.29. The van der Waals surface area contributed by atoms with Crippen molar-refractivity contribution in [3.63, 3.8) is 0 Å². The van der Waals surface area contributed by atoms with Gasteiger partial charge in [0.15, 0.2) is 0 Å². The third-order valence-electron chi connectivity index (χ3n) is 3.80. The molecule has 122 valence electrons. The summed E-state index contributed by atoms with van der Waals surface area (Å²) in [5.41, 5.74) is 1.31. The standard InChI is InChI=1S/C14H13FN2O5S/c1-17-7-11(10-4-5-13(18)16-14(10)19)9-3-2-8(6-12(9)17)22-23(15,20)21/h2-3,6-7,10H,4-5H2,1H3,(H,16,18,19). The monoisotopic (exact) mass is 340 g/mol. The Morgan fingerprint density at radius 1 is 1.35 bits per heavy atom. The molecule has 23 heavy (non-hydrogen) atoms. The van der Waals surface area contributed by atoms with E-state index in [9.17, 15) is 21.9 Å². The van der Waals surface area contributed by atoms with Gasteiger partial charge in [0.05, 0.1) is 11.4 Å². The van der Waals surface area contributed by atoms with Crippen molar-refractivity contribution >= 4 is 33.2 Å². The number of hydrogen-bond donors (Lipinski definition) is 1. The molecule has 7 nitrogen and oxygen atoms in total. The van der Waals surface area contributed by atoms with Crippen LogP contribution in [0.15, 0.2) is 24.4 Å². The Hall–Kier alpha value is -2.42. The van der Waals surface area contributed by atoms with Crippen LogP contribution in [0.2, 0.25) is 0 Å². The summed E-state index contributed by atoms with van der Waals surface area (Å²) in [6.45, 7) is 0. The fourth-order valence-electron chi connectivity index (χ4n) is 2.83. The number of imide groups is 1. The molecular weight excluding hydrogens is 327 g/mol. The number of benzene rings is 1. The number of hydrogen-bond acceptors (Lipinski definition) is 5. The van der Waals surface area contributed by atoms with Gasteiger partial charge in [-0.3, -0.25) is 14.9 Å². The molecule has 1 aliphatic rings. The van der Waals surface area contributed by atoms with E-state index in [0.29, 0.717) is 17.3 Å². The molecule has 2 amide bonds. The van der Waals surface area contributed by atoms with Crippen LogP contribution in [0.3, 0.4) is 0 Å². The lowest BCUT2D eigenvalue weighted by Gasteiger charge is -2.20. The van der Waals surface area contributed by atoms with Gasteiger partial charge >= 0.3 is 10.5 Å². The predicted molar refractivity (Wildman–Crippen MR) is 78.7 cm³/mol. The molecule has 1 aromatic carbocycles. The van der Waals surface area contributed by atoms with Crippen LogP contribution >= 0.6 is 0 Å². The second kappa shape index (κ2) is 5.34. The second-order valence-corrected chi connectivity index (χ2v) is 6.31. The molecule has 2 aromatic rings. The summed E-state index contributed by atoms with van der Waals surface area (Å²) in [4.78, 5) is 23.3. The first kappa shape index (κ1) is 15.5. The Balaban J connectivity index is 2.03. The molecule has 0 radical (unpaired) electrons. The highest BCUT2D eigenvalue weighted by molar-refractivity contribution is 7.81. The van der Waals surface area contributed by atoms with Crippen LogP contribution in [0.5, 0.6) is 5.75 Å². The minimum Gasteiger partial charge on any atom is -0.358 e. The fourth-order valence-corrected chi connectivity index (χ4v) is 3.16. The highest BCUT2D eigenvalue weighted by Gasteiger charge is 2.30. The molecule has 9 heteroatoms. The number of aryl methyl sites for hydroxylation is 1. The number of aromatic nitrogens is 1. The van der Waals surface area contributed by atoms with Crippen molar-refractivity contribution in [1.29, 1.82) is 0 Å². The number of piperidine rings is 1. The summed E-state index contributed by atoms with van der Waals surface area (Å²) < 4.78 is 39.7. The molecule has 1 aliphatic heterocycles. The van der Waals surface area contributed by atoms with Gasteiger partial charge in [0, 0.05) is 31.1 Å². The van der Waals surface area contributed by atoms with Gasteiger partial charge in [0.1, 0.15) is 5.75 Å². The fraction of sp³-hybridized carbons (Fsp3) is 0.286. The van der Waals surface area contributed by atoms with Crippen LogP contribution in [-0.4, -0.2) is 24.8 Å². The van der Waals surface area contributed by atoms with Crippen molar-refractivity contribution < 1.29 is 26.1 Å². The van der Waals surface area contributed by atoms with E-state index < -0.39 is 16.4 Å². The average molecular weight is 340 g/mol. The number of nitrogens with one attached hydrogen (secondary N) is 1. The largest absolute Gasteiger partial charge is 0.488 e. The van der Waals surface area contributed by atoms with Crippen molar-refractivity contribution in [3.8, 4) is 5.75 Å². The van der Waals surface area contributed by atoms with E-state index in [0.717, 1.165) is 5.56 Å². The van der Waals surface area contributed by atoms with E-state index in [1.54, 1.807) is 23.9 Å². The third-order valence-corrected chi connectivity index (χ3v) is 4.19. The molecule has 0 saturated carbocycles. The Morgan fingerprint density at radius 3 is 2.74 bits per heavy atom. The van der Waals surface area contributed by atoms with Crippen LogP contribution in [-0.2, 0) is 27.1 Å². The maximum absolute atomic E-state index is 12.6. The smallest absolute Gasteiger partial charge is 0.358 e. The topological polar surface area (TPSA) is 94.5 Å². The number of rotatable bonds is 3. The van der Waals surface area contributed by atoms with Gasteiger partial charge in [-0.2, -0.15) is 8.42 Å². The molecule has 1 N–H and O–H groups in total. The number of carbonyl (C=O) groups excluding carboxylic acids is 2. The van der Waals surface area contributed by atoms with E-state index in [4.69, 9.17) is 0 Å². The number of amides is 2. The summed E-state index contributed by atoms with van der Waals surface area (Å²) in [5.74, 6) is -1.28. The quantitative estimate of drug-likeness (QED) is 0.671. The van der Waals surface area contributed by atoms with Crippen LogP contribution in [0.25, 0.3) is 10.9 Å². The zero-order valence-electron chi connectivity index (χ0n) is 12.1. The van der Waals surface area contributed by atoms with Crippen molar-refractivity contribution in [1.82, 2.24) is 9.88 Å². The summed E-state index contributed by atoms with van der Waals surface area (Å²) >= 11 is 0. The molecular formula is C14H13FN2O5S. The van der Waals surface area contributed by atoms with Crippen molar-refractivity contribution in [2.45, 2.75) is 18.8 Å². The molecule has 0 spiro atoms. The Labute approximate surface area is 131 Å². The summed E-state index contributed by atoms with van der Waals surface area (Å²) in [5, 5.41) is 3.02. The van der Waals surface area contributed by atoms with Crippen LogP contribution in [0.1, 0.15) is 24.3 Å². The lowest BCUT2D eigenvalue weighted by Crippen LogP contribution is -2.39. The van der Waals surface area contributed by atoms with Gasteiger partial charge in [-0.25, -0.2) is 0 Å². The molecule has 1 aromatic heterocycles. The van der Waals surface area contributed by atoms with Gasteiger partial charge in [-0.1, -0.05) is 3.89 Å². The lowest BCUT2D eigenvalue weighted by molar-refractivity contribution is -0.134. The summed E-state index contributed by atoms with van der Waals surface area (Å²) in [6.07, 6.45) is 2.40. The molecule has 1 fully saturated rings. The molecule has 2 heterocycles. The highest BCUT2D eigenvalue weighted by atomic mass is 32.3. The SMILES string of the molecule is Cn1cc(C2CCC(=O)NC2=O)c2ccc(OS(=O)(=O)F)cc21. The van der Waals surface area contributed by atoms with E-state index in [2.05, 4.69) is 9.50 Å². The normalized spacial score (nSPS) is 19.0. The highest BCUT2D eigenvalue weighted by Crippen LogP contribution is 2.34. The van der Waals surface area contributed by atoms with Crippen LogP contribution < -0.4 is 9.50 Å². The molecule has 3 rings (SSSR count). The molecule has 1 atom stereocenters. The molecule has 1 saturated heterocycles. The maximum atomic E-state index is 12.6. The first-order chi connectivity index (χ1) is 10.7. The summed E-state index contributed by atoms with van der Waals surface area (Å²) in [6, 6.07) is 4.26. The first-order valence-corrected chi connectivity index (χ1v) is 8.12.